The molecule has 1 N–H and O–H groups in total. The highest BCUT2D eigenvalue weighted by molar-refractivity contribution is 5.97. The lowest BCUT2D eigenvalue weighted by molar-refractivity contribution is 0.0709. The molecular formula is C19H19FN4O2. The molecule has 1 aromatic carbocycles. The highest BCUT2D eigenvalue weighted by Crippen LogP contribution is 2.27. The van der Waals surface area contributed by atoms with Crippen molar-refractivity contribution in [1.29, 1.82) is 0 Å². The number of imidazole rings is 1. The van der Waals surface area contributed by atoms with Crippen LogP contribution in [0.1, 0.15) is 34.9 Å². The first-order chi connectivity index (χ1) is 12.6. The Balaban J connectivity index is 1.56. The number of benzene rings is 1. The van der Waals surface area contributed by atoms with E-state index in [0.717, 1.165) is 18.7 Å². The van der Waals surface area contributed by atoms with Crippen LogP contribution in [-0.2, 0) is 7.05 Å². The molecular weight excluding hydrogens is 335 g/mol. The summed E-state index contributed by atoms with van der Waals surface area (Å²) >= 11 is 0. The third-order valence-electron chi connectivity index (χ3n) is 5.10. The molecule has 0 bridgehead atoms. The fourth-order valence-corrected chi connectivity index (χ4v) is 3.66. The van der Waals surface area contributed by atoms with E-state index < -0.39 is 11.2 Å². The molecule has 6 nitrogen and oxygen atoms in total. The number of piperidine rings is 1. The zero-order valence-electron chi connectivity index (χ0n) is 14.4. The number of hydrogen-bond acceptors (Lipinski definition) is 3. The van der Waals surface area contributed by atoms with Crippen molar-refractivity contribution >= 4 is 16.8 Å². The predicted octanol–water partition coefficient (Wildman–Crippen LogP) is 2.42. The summed E-state index contributed by atoms with van der Waals surface area (Å²) in [4.78, 5) is 34.2. The lowest BCUT2D eigenvalue weighted by Gasteiger charge is -2.31. The second kappa shape index (κ2) is 6.40. The summed E-state index contributed by atoms with van der Waals surface area (Å²) in [7, 11) is 1.97. The normalized spacial score (nSPS) is 15.5. The Morgan fingerprint density at radius 3 is 2.77 bits per heavy atom. The fraction of sp³-hybridized carbons (Fsp3) is 0.316. The zero-order chi connectivity index (χ0) is 18.3. The molecule has 1 amide bonds. The molecule has 1 saturated heterocycles. The Hall–Kier alpha value is -2.96. The van der Waals surface area contributed by atoms with E-state index in [2.05, 4.69) is 9.97 Å². The first-order valence-corrected chi connectivity index (χ1v) is 8.62. The zero-order valence-corrected chi connectivity index (χ0v) is 14.4. The largest absolute Gasteiger partial charge is 0.358 e. The highest BCUT2D eigenvalue weighted by Gasteiger charge is 2.28. The van der Waals surface area contributed by atoms with Crippen LogP contribution in [0.5, 0.6) is 0 Å². The molecule has 0 saturated carbocycles. The van der Waals surface area contributed by atoms with Crippen LogP contribution in [0, 0.1) is 5.82 Å². The van der Waals surface area contributed by atoms with Crippen LogP contribution in [0.4, 0.5) is 4.39 Å². The van der Waals surface area contributed by atoms with Crippen LogP contribution in [0.25, 0.3) is 10.9 Å². The molecule has 0 unspecified atom stereocenters. The molecule has 26 heavy (non-hydrogen) atoms. The Morgan fingerprint density at radius 2 is 2.08 bits per heavy atom. The minimum Gasteiger partial charge on any atom is -0.358 e. The number of carbonyl (C=O) groups is 1. The highest BCUT2D eigenvalue weighted by atomic mass is 19.1. The van der Waals surface area contributed by atoms with Gasteiger partial charge in [-0.25, -0.2) is 9.37 Å². The van der Waals surface area contributed by atoms with Crippen molar-refractivity contribution in [2.45, 2.75) is 18.8 Å². The van der Waals surface area contributed by atoms with Crippen molar-refractivity contribution in [3.63, 3.8) is 0 Å². The maximum atomic E-state index is 13.8. The third kappa shape index (κ3) is 2.69. The lowest BCUT2D eigenvalue weighted by atomic mass is 9.95. The van der Waals surface area contributed by atoms with Crippen LogP contribution in [0.2, 0.25) is 0 Å². The molecule has 7 heteroatoms. The number of aryl methyl sites for hydroxylation is 1. The number of amides is 1. The molecule has 0 aliphatic carbocycles. The predicted molar refractivity (Wildman–Crippen MR) is 95.6 cm³/mol. The number of aromatic amines is 1. The van der Waals surface area contributed by atoms with Gasteiger partial charge in [-0.1, -0.05) is 6.07 Å². The molecule has 1 aliphatic rings. The number of rotatable bonds is 2. The quantitative estimate of drug-likeness (QED) is 0.768. The molecule has 0 spiro atoms. The molecule has 1 aliphatic heterocycles. The standard InChI is InChI=1S/C19H19FN4O2/c1-23-10-7-21-18(23)12-5-8-24(9-6-12)19(26)14-11-22-16-13(17(14)25)3-2-4-15(16)20/h2-4,7,10-12H,5-6,8-9H2,1H3,(H,22,25). The number of carbonyl (C=O) groups excluding carboxylic acids is 1. The Morgan fingerprint density at radius 1 is 1.31 bits per heavy atom. The van der Waals surface area contributed by atoms with Gasteiger partial charge in [0.2, 0.25) is 5.43 Å². The number of nitrogens with zero attached hydrogens (tertiary/aromatic N) is 3. The van der Waals surface area contributed by atoms with Gasteiger partial charge in [-0.2, -0.15) is 0 Å². The van der Waals surface area contributed by atoms with E-state index in [4.69, 9.17) is 0 Å². The van der Waals surface area contributed by atoms with Gasteiger partial charge >= 0.3 is 0 Å². The number of nitrogens with one attached hydrogen (secondary N) is 1. The van der Waals surface area contributed by atoms with Gasteiger partial charge in [0.25, 0.3) is 5.91 Å². The second-order valence-electron chi connectivity index (χ2n) is 6.66. The van der Waals surface area contributed by atoms with E-state index in [1.807, 2.05) is 17.8 Å². The van der Waals surface area contributed by atoms with Gasteiger partial charge in [-0.15, -0.1) is 0 Å². The van der Waals surface area contributed by atoms with Gasteiger partial charge < -0.3 is 14.5 Å². The summed E-state index contributed by atoms with van der Waals surface area (Å²) in [6.07, 6.45) is 6.62. The SMILES string of the molecule is Cn1ccnc1C1CCN(C(=O)c2c[nH]c3c(F)cccc3c2=O)CC1. The van der Waals surface area contributed by atoms with E-state index in [9.17, 15) is 14.0 Å². The summed E-state index contributed by atoms with van der Waals surface area (Å²) in [6, 6.07) is 4.28. The number of fused-ring (bicyclic) bond motifs is 1. The number of para-hydroxylation sites is 1. The topological polar surface area (TPSA) is 71.0 Å². The maximum Gasteiger partial charge on any atom is 0.259 e. The van der Waals surface area contributed by atoms with E-state index in [1.165, 1.54) is 24.4 Å². The fourth-order valence-electron chi connectivity index (χ4n) is 3.66. The van der Waals surface area contributed by atoms with E-state index in [0.29, 0.717) is 19.0 Å². The van der Waals surface area contributed by atoms with Crippen LogP contribution in [-0.4, -0.2) is 38.4 Å². The molecule has 1 fully saturated rings. The first kappa shape index (κ1) is 16.5. The molecule has 4 rings (SSSR count). The number of H-pyrrole nitrogens is 1. The van der Waals surface area contributed by atoms with Gasteiger partial charge in [0.05, 0.1) is 5.52 Å². The molecule has 0 atom stereocenters. The number of hydrogen-bond donors (Lipinski definition) is 1. The summed E-state index contributed by atoms with van der Waals surface area (Å²) in [5.74, 6) is 0.518. The van der Waals surface area contributed by atoms with Crippen molar-refractivity contribution in [1.82, 2.24) is 19.4 Å². The Labute approximate surface area is 149 Å². The van der Waals surface area contributed by atoms with E-state index >= 15 is 0 Å². The summed E-state index contributed by atoms with van der Waals surface area (Å²) < 4.78 is 15.8. The van der Waals surface area contributed by atoms with Crippen LogP contribution in [0.15, 0.2) is 41.6 Å². The number of aromatic nitrogens is 3. The number of likely N-dealkylation sites (tertiary alicyclic amines) is 1. The third-order valence-corrected chi connectivity index (χ3v) is 5.10. The first-order valence-electron chi connectivity index (χ1n) is 8.62. The van der Waals surface area contributed by atoms with Crippen molar-refractivity contribution in [2.24, 2.45) is 7.05 Å². The molecule has 0 radical (unpaired) electrons. The molecule has 134 valence electrons. The van der Waals surface area contributed by atoms with E-state index in [-0.39, 0.29) is 22.4 Å². The average molecular weight is 354 g/mol. The van der Waals surface area contributed by atoms with Crippen LogP contribution < -0.4 is 5.43 Å². The van der Waals surface area contributed by atoms with E-state index in [1.54, 1.807) is 11.1 Å². The van der Waals surface area contributed by atoms with Crippen molar-refractivity contribution in [2.75, 3.05) is 13.1 Å². The number of halogens is 1. The van der Waals surface area contributed by atoms with Gasteiger partial charge in [0, 0.05) is 50.0 Å². The minimum atomic E-state index is -0.505. The lowest BCUT2D eigenvalue weighted by Crippen LogP contribution is -2.40. The molecule has 3 aromatic rings. The summed E-state index contributed by atoms with van der Waals surface area (Å²) in [5, 5.41) is 0.193. The average Bonchev–Trinajstić information content (AvgIpc) is 3.08. The monoisotopic (exact) mass is 354 g/mol. The van der Waals surface area contributed by atoms with Gasteiger partial charge in [-0.05, 0) is 25.0 Å². The maximum absolute atomic E-state index is 13.8. The molecule has 3 heterocycles. The molecule has 2 aromatic heterocycles. The van der Waals surface area contributed by atoms with Gasteiger partial charge in [0.15, 0.2) is 0 Å². The van der Waals surface area contributed by atoms with Crippen LogP contribution in [0.3, 0.4) is 0 Å². The van der Waals surface area contributed by atoms with Gasteiger partial charge in [0.1, 0.15) is 17.2 Å². The Bertz CT molecular complexity index is 1030. The Kier molecular flexibility index (Phi) is 4.06. The minimum absolute atomic E-state index is 0.0542. The van der Waals surface area contributed by atoms with Gasteiger partial charge in [-0.3, -0.25) is 9.59 Å². The van der Waals surface area contributed by atoms with Crippen molar-refractivity contribution in [3.8, 4) is 0 Å². The smallest absolute Gasteiger partial charge is 0.259 e. The number of pyridine rings is 1. The summed E-state index contributed by atoms with van der Waals surface area (Å²) in [5.41, 5.74) is -0.254. The van der Waals surface area contributed by atoms with Crippen molar-refractivity contribution < 1.29 is 9.18 Å². The second-order valence-corrected chi connectivity index (χ2v) is 6.66. The van der Waals surface area contributed by atoms with Crippen LogP contribution >= 0.6 is 0 Å². The summed E-state index contributed by atoms with van der Waals surface area (Å²) in [6.45, 7) is 1.13. The van der Waals surface area contributed by atoms with Crippen molar-refractivity contribution in [3.05, 3.63) is 64.2 Å².